The number of hydrogen-bond acceptors (Lipinski definition) is 2. The number of aromatic nitrogens is 2. The van der Waals surface area contributed by atoms with Gasteiger partial charge in [-0.05, 0) is 56.0 Å². The third-order valence-electron chi connectivity index (χ3n) is 4.56. The fourth-order valence-electron chi connectivity index (χ4n) is 3.64. The number of benzene rings is 1. The van der Waals surface area contributed by atoms with Gasteiger partial charge >= 0.3 is 0 Å². The lowest BCUT2D eigenvalue weighted by Gasteiger charge is -2.36. The van der Waals surface area contributed by atoms with Crippen LogP contribution >= 0.6 is 12.2 Å². The third-order valence-corrected chi connectivity index (χ3v) is 4.86. The van der Waals surface area contributed by atoms with Gasteiger partial charge in [0, 0.05) is 6.04 Å². The minimum absolute atomic E-state index is 0.402. The van der Waals surface area contributed by atoms with Gasteiger partial charge in [-0.25, -0.2) is 0 Å². The number of nitrogens with zero attached hydrogens (tertiary/aromatic N) is 1. The van der Waals surface area contributed by atoms with Crippen molar-refractivity contribution in [2.24, 2.45) is 5.41 Å². The smallest absolute Gasteiger partial charge is 0.178 e. The first-order valence-electron chi connectivity index (χ1n) is 7.88. The van der Waals surface area contributed by atoms with E-state index in [1.165, 1.54) is 31.2 Å². The van der Waals surface area contributed by atoms with Crippen molar-refractivity contribution in [3.8, 4) is 5.75 Å². The lowest BCUT2D eigenvalue weighted by atomic mass is 9.75. The van der Waals surface area contributed by atoms with Crippen LogP contribution in [0.1, 0.15) is 52.5 Å². The van der Waals surface area contributed by atoms with Crippen molar-refractivity contribution in [1.82, 2.24) is 9.55 Å². The average Bonchev–Trinajstić information content (AvgIpc) is 2.75. The molecule has 3 nitrogen and oxygen atoms in total. The first-order chi connectivity index (χ1) is 10.0. The summed E-state index contributed by atoms with van der Waals surface area (Å²) in [6, 6.07) is 6.70. The lowest BCUT2D eigenvalue weighted by Crippen LogP contribution is -2.25. The van der Waals surface area contributed by atoms with Crippen molar-refractivity contribution in [2.45, 2.75) is 52.5 Å². The normalized spacial score (nSPS) is 21.6. The summed E-state index contributed by atoms with van der Waals surface area (Å²) < 4.78 is 8.86. The molecule has 1 N–H and O–H groups in total. The fourth-order valence-corrected chi connectivity index (χ4v) is 3.99. The predicted octanol–water partition coefficient (Wildman–Crippen LogP) is 5.24. The Bertz CT molecular complexity index is 698. The molecule has 0 aliphatic heterocycles. The summed E-state index contributed by atoms with van der Waals surface area (Å²) in [7, 11) is 0. The molecule has 1 aromatic heterocycles. The van der Waals surface area contributed by atoms with Gasteiger partial charge in [-0.1, -0.05) is 26.3 Å². The number of para-hydroxylation sites is 1. The number of H-pyrrole nitrogens is 1. The molecule has 1 unspecified atom stereocenters. The number of imidazole rings is 1. The highest BCUT2D eigenvalue weighted by atomic mass is 32.1. The minimum atomic E-state index is 0.402. The van der Waals surface area contributed by atoms with Crippen molar-refractivity contribution >= 4 is 23.3 Å². The number of aromatic amines is 1. The molecule has 114 valence electrons. The van der Waals surface area contributed by atoms with Crippen LogP contribution in [0.3, 0.4) is 0 Å². The number of fused-ring (bicyclic) bond motifs is 1. The highest BCUT2D eigenvalue weighted by molar-refractivity contribution is 7.71. The van der Waals surface area contributed by atoms with E-state index in [-0.39, 0.29) is 0 Å². The van der Waals surface area contributed by atoms with Crippen molar-refractivity contribution < 1.29 is 4.74 Å². The molecule has 0 bridgehead atoms. The Hall–Kier alpha value is -1.29. The molecular weight excluding hydrogens is 280 g/mol. The Kier molecular flexibility index (Phi) is 3.82. The van der Waals surface area contributed by atoms with E-state index in [2.05, 4.69) is 35.5 Å². The van der Waals surface area contributed by atoms with Crippen molar-refractivity contribution in [1.29, 1.82) is 0 Å². The van der Waals surface area contributed by atoms with Crippen LogP contribution in [0.4, 0.5) is 0 Å². The van der Waals surface area contributed by atoms with E-state index in [9.17, 15) is 0 Å². The molecule has 1 aromatic carbocycles. The van der Waals surface area contributed by atoms with Crippen LogP contribution in [0, 0.1) is 10.2 Å². The van der Waals surface area contributed by atoms with Crippen LogP contribution in [-0.4, -0.2) is 16.2 Å². The number of nitrogens with one attached hydrogen (secondary N) is 1. The largest absolute Gasteiger partial charge is 0.492 e. The lowest BCUT2D eigenvalue weighted by molar-refractivity contribution is 0.185. The van der Waals surface area contributed by atoms with Gasteiger partial charge in [0.15, 0.2) is 4.77 Å². The average molecular weight is 304 g/mol. The van der Waals surface area contributed by atoms with E-state index in [0.717, 1.165) is 16.0 Å². The standard InChI is InChI=1S/C17H24N2OS/c1-4-20-14-9-5-8-13-15(14)18-16(21)19(13)12-7-6-10-17(2,3)11-12/h5,8-9,12H,4,6-7,10-11H2,1-3H3,(H,18,21). The zero-order valence-corrected chi connectivity index (χ0v) is 13.9. The Balaban J connectivity index is 2.08. The number of rotatable bonds is 3. The van der Waals surface area contributed by atoms with E-state index in [0.29, 0.717) is 18.1 Å². The van der Waals surface area contributed by atoms with E-state index in [1.807, 2.05) is 13.0 Å². The van der Waals surface area contributed by atoms with Gasteiger partial charge in [0.1, 0.15) is 11.3 Å². The van der Waals surface area contributed by atoms with Crippen LogP contribution in [0.2, 0.25) is 0 Å². The van der Waals surface area contributed by atoms with Crippen molar-refractivity contribution in [3.05, 3.63) is 23.0 Å². The Morgan fingerprint density at radius 2 is 2.24 bits per heavy atom. The van der Waals surface area contributed by atoms with Crippen LogP contribution in [0.5, 0.6) is 5.75 Å². The van der Waals surface area contributed by atoms with Crippen molar-refractivity contribution in [2.75, 3.05) is 6.61 Å². The summed E-state index contributed by atoms with van der Waals surface area (Å²) in [5.74, 6) is 0.898. The highest BCUT2D eigenvalue weighted by Gasteiger charge is 2.30. The Morgan fingerprint density at radius 1 is 1.43 bits per heavy atom. The fraction of sp³-hybridized carbons (Fsp3) is 0.588. The molecule has 1 heterocycles. The summed E-state index contributed by atoms with van der Waals surface area (Å²) >= 11 is 5.60. The minimum Gasteiger partial charge on any atom is -0.492 e. The van der Waals surface area contributed by atoms with E-state index in [1.54, 1.807) is 0 Å². The molecule has 1 aliphatic carbocycles. The van der Waals surface area contributed by atoms with E-state index in [4.69, 9.17) is 17.0 Å². The molecule has 0 spiro atoms. The second-order valence-electron chi connectivity index (χ2n) is 6.80. The Labute approximate surface area is 131 Å². The molecule has 0 radical (unpaired) electrons. The maximum Gasteiger partial charge on any atom is 0.178 e. The summed E-state index contributed by atoms with van der Waals surface area (Å²) in [4.78, 5) is 3.36. The Morgan fingerprint density at radius 3 is 2.95 bits per heavy atom. The van der Waals surface area contributed by atoms with Crippen LogP contribution in [-0.2, 0) is 0 Å². The molecule has 21 heavy (non-hydrogen) atoms. The maximum absolute atomic E-state index is 5.72. The van der Waals surface area contributed by atoms with Gasteiger partial charge < -0.3 is 14.3 Å². The summed E-state index contributed by atoms with van der Waals surface area (Å²) in [6.07, 6.45) is 4.98. The second-order valence-corrected chi connectivity index (χ2v) is 7.18. The number of hydrogen-bond donors (Lipinski definition) is 1. The molecule has 3 rings (SSSR count). The molecule has 4 heteroatoms. The first-order valence-corrected chi connectivity index (χ1v) is 8.29. The summed E-state index contributed by atoms with van der Waals surface area (Å²) in [5.41, 5.74) is 2.61. The van der Waals surface area contributed by atoms with Gasteiger partial charge in [0.25, 0.3) is 0 Å². The molecule has 1 saturated carbocycles. The summed E-state index contributed by atoms with van der Waals surface area (Å²) in [6.45, 7) is 7.40. The zero-order chi connectivity index (χ0) is 15.0. The van der Waals surface area contributed by atoms with Gasteiger partial charge in [-0.15, -0.1) is 0 Å². The van der Waals surface area contributed by atoms with Crippen LogP contribution in [0.25, 0.3) is 11.0 Å². The SMILES string of the molecule is CCOc1cccc2c1[nH]c(=S)n2C1CCCC(C)(C)C1. The van der Waals surface area contributed by atoms with Gasteiger partial charge in [0.2, 0.25) is 0 Å². The molecule has 1 aliphatic rings. The second kappa shape index (κ2) is 5.48. The molecule has 2 aromatic rings. The molecule has 1 fully saturated rings. The zero-order valence-electron chi connectivity index (χ0n) is 13.1. The van der Waals surface area contributed by atoms with Gasteiger partial charge in [-0.3, -0.25) is 0 Å². The monoisotopic (exact) mass is 304 g/mol. The number of ether oxygens (including phenoxy) is 1. The molecular formula is C17H24N2OS. The van der Waals surface area contributed by atoms with Crippen LogP contribution < -0.4 is 4.74 Å². The quantitative estimate of drug-likeness (QED) is 0.786. The third kappa shape index (κ3) is 2.73. The van der Waals surface area contributed by atoms with Gasteiger partial charge in [0.05, 0.1) is 12.1 Å². The topological polar surface area (TPSA) is 29.9 Å². The van der Waals surface area contributed by atoms with E-state index < -0.39 is 0 Å². The first kappa shape index (κ1) is 14.6. The predicted molar refractivity (Wildman–Crippen MR) is 89.6 cm³/mol. The maximum atomic E-state index is 5.72. The molecule has 0 saturated heterocycles. The van der Waals surface area contributed by atoms with Crippen LogP contribution in [0.15, 0.2) is 18.2 Å². The van der Waals surface area contributed by atoms with Gasteiger partial charge in [-0.2, -0.15) is 0 Å². The van der Waals surface area contributed by atoms with E-state index >= 15 is 0 Å². The highest BCUT2D eigenvalue weighted by Crippen LogP contribution is 2.42. The van der Waals surface area contributed by atoms with Crippen molar-refractivity contribution in [3.63, 3.8) is 0 Å². The molecule has 0 amide bonds. The summed E-state index contributed by atoms with van der Waals surface area (Å²) in [5, 5.41) is 0. The molecule has 1 atom stereocenters.